The van der Waals surface area contributed by atoms with Crippen molar-refractivity contribution in [3.8, 4) is 11.5 Å². The normalized spacial score (nSPS) is 21.9. The first-order chi connectivity index (χ1) is 17.4. The monoisotopic (exact) mass is 525 g/mol. The second kappa shape index (κ2) is 10.9. The maximum Gasteiger partial charge on any atom is 0.254 e. The van der Waals surface area contributed by atoms with E-state index >= 15 is 0 Å². The highest BCUT2D eigenvalue weighted by atomic mass is 35.5. The smallest absolute Gasteiger partial charge is 0.254 e. The molecule has 0 saturated carbocycles. The van der Waals surface area contributed by atoms with E-state index in [0.29, 0.717) is 40.0 Å². The van der Waals surface area contributed by atoms with Crippen LogP contribution in [0.3, 0.4) is 0 Å². The number of carbonyl (C=O) groups is 1. The van der Waals surface area contributed by atoms with Gasteiger partial charge >= 0.3 is 0 Å². The molecule has 6 nitrogen and oxygen atoms in total. The molecule has 188 valence electrons. The van der Waals surface area contributed by atoms with Crippen LogP contribution in [0, 0.1) is 0 Å². The molecule has 0 aromatic heterocycles. The average Bonchev–Trinajstić information content (AvgIpc) is 2.90. The predicted octanol–water partition coefficient (Wildman–Crippen LogP) is 5.09. The molecule has 8 heteroatoms. The van der Waals surface area contributed by atoms with Crippen LogP contribution in [0.5, 0.6) is 11.5 Å². The van der Waals surface area contributed by atoms with Gasteiger partial charge in [-0.15, -0.1) is 0 Å². The van der Waals surface area contributed by atoms with Crippen LogP contribution in [-0.2, 0) is 25.1 Å². The molecule has 36 heavy (non-hydrogen) atoms. The van der Waals surface area contributed by atoms with Crippen molar-refractivity contribution in [1.82, 2.24) is 4.90 Å². The zero-order valence-corrected chi connectivity index (χ0v) is 22.0. The van der Waals surface area contributed by atoms with Crippen molar-refractivity contribution in [3.05, 3.63) is 107 Å². The summed E-state index contributed by atoms with van der Waals surface area (Å²) in [6, 6.07) is 21.4. The van der Waals surface area contributed by atoms with Crippen molar-refractivity contribution in [2.75, 3.05) is 34.5 Å². The average molecular weight is 526 g/mol. The Hall–Kier alpha value is -3.13. The van der Waals surface area contributed by atoms with Gasteiger partial charge < -0.3 is 19.1 Å². The van der Waals surface area contributed by atoms with Gasteiger partial charge in [0.25, 0.3) is 5.91 Å². The second-order valence-corrected chi connectivity index (χ2v) is 10.4. The Labute approximate surface area is 218 Å². The molecule has 3 aromatic rings. The van der Waals surface area contributed by atoms with Crippen LogP contribution < -0.4 is 9.47 Å². The molecule has 0 spiro atoms. The maximum absolute atomic E-state index is 14.8. The lowest BCUT2D eigenvalue weighted by molar-refractivity contribution is -0.132. The first-order valence-corrected chi connectivity index (χ1v) is 12.9. The van der Waals surface area contributed by atoms with Crippen molar-refractivity contribution in [1.29, 1.82) is 0 Å². The summed E-state index contributed by atoms with van der Waals surface area (Å²) in [5.74, 6) is 0.976. The van der Waals surface area contributed by atoms with Crippen LogP contribution >= 0.6 is 11.6 Å². The van der Waals surface area contributed by atoms with E-state index in [1.54, 1.807) is 74.8 Å². The number of rotatable bonds is 8. The summed E-state index contributed by atoms with van der Waals surface area (Å²) in [6.07, 6.45) is 0. The van der Waals surface area contributed by atoms with Crippen LogP contribution in [-0.4, -0.2) is 49.5 Å². The number of amides is 1. The topological polar surface area (TPSA) is 65.1 Å². The van der Waals surface area contributed by atoms with Crippen LogP contribution in [0.1, 0.15) is 21.9 Å². The Morgan fingerprint density at radius 1 is 0.889 bits per heavy atom. The minimum atomic E-state index is -1.79. The molecule has 0 aliphatic carbocycles. The van der Waals surface area contributed by atoms with Gasteiger partial charge in [0.1, 0.15) is 16.7 Å². The Kier molecular flexibility index (Phi) is 7.83. The molecule has 1 heterocycles. The molecule has 1 saturated heterocycles. The van der Waals surface area contributed by atoms with Gasteiger partial charge in [-0.2, -0.15) is 0 Å². The fourth-order valence-corrected chi connectivity index (χ4v) is 6.80. The van der Waals surface area contributed by atoms with Crippen molar-refractivity contribution >= 4 is 28.3 Å². The summed E-state index contributed by atoms with van der Waals surface area (Å²) < 4.78 is 29.2. The van der Waals surface area contributed by atoms with E-state index in [0.717, 1.165) is 5.56 Å². The number of ether oxygens (including phenoxy) is 3. The predicted molar refractivity (Wildman–Crippen MR) is 142 cm³/mol. The zero-order chi connectivity index (χ0) is 25.9. The Bertz CT molecular complexity index is 1260. The van der Waals surface area contributed by atoms with Gasteiger partial charge in [0.15, 0.2) is 4.75 Å². The molecular weight excluding hydrogens is 498 g/mol. The minimum Gasteiger partial charge on any atom is -0.497 e. The molecule has 3 unspecified atom stereocenters. The zero-order valence-electron chi connectivity index (χ0n) is 20.4. The molecule has 0 bridgehead atoms. The van der Waals surface area contributed by atoms with Crippen LogP contribution in [0.15, 0.2) is 85.1 Å². The van der Waals surface area contributed by atoms with E-state index in [9.17, 15) is 9.00 Å². The fraction of sp³-hybridized carbons (Fsp3) is 0.250. The van der Waals surface area contributed by atoms with Gasteiger partial charge in [-0.05, 0) is 53.1 Å². The maximum atomic E-state index is 14.8. The lowest BCUT2D eigenvalue weighted by Gasteiger charge is -2.46. The molecule has 1 fully saturated rings. The molecular formula is C28H28ClNO5S. The van der Waals surface area contributed by atoms with E-state index in [-0.39, 0.29) is 12.5 Å². The van der Waals surface area contributed by atoms with E-state index < -0.39 is 20.8 Å². The summed E-state index contributed by atoms with van der Waals surface area (Å²) in [6.45, 7) is 4.79. The van der Waals surface area contributed by atoms with E-state index in [1.807, 2.05) is 24.3 Å². The Balaban J connectivity index is 1.99. The largest absolute Gasteiger partial charge is 0.497 e. The highest BCUT2D eigenvalue weighted by Crippen LogP contribution is 2.50. The second-order valence-electron chi connectivity index (χ2n) is 8.31. The highest BCUT2D eigenvalue weighted by molar-refractivity contribution is 7.87. The molecule has 3 aromatic carbocycles. The first-order valence-electron chi connectivity index (χ1n) is 11.3. The lowest BCUT2D eigenvalue weighted by atomic mass is 9.87. The summed E-state index contributed by atoms with van der Waals surface area (Å²) >= 11 is 6.20. The van der Waals surface area contributed by atoms with Crippen molar-refractivity contribution < 1.29 is 23.2 Å². The van der Waals surface area contributed by atoms with E-state index in [2.05, 4.69) is 6.58 Å². The van der Waals surface area contributed by atoms with Crippen LogP contribution in [0.25, 0.3) is 0 Å². The van der Waals surface area contributed by atoms with Gasteiger partial charge in [0, 0.05) is 24.4 Å². The summed E-state index contributed by atoms with van der Waals surface area (Å²) in [5.41, 5.74) is 2.38. The van der Waals surface area contributed by atoms with Crippen LogP contribution in [0.4, 0.5) is 0 Å². The number of carbonyl (C=O) groups excluding carboxylic acids is 1. The molecule has 4 rings (SSSR count). The quantitative estimate of drug-likeness (QED) is 0.410. The number of nitrogens with zero attached hydrogens (tertiary/aromatic N) is 1. The number of methoxy groups -OCH3 is 3. The first kappa shape index (κ1) is 25.9. The van der Waals surface area contributed by atoms with Gasteiger partial charge in [0.05, 0.1) is 31.6 Å². The Morgan fingerprint density at radius 3 is 1.89 bits per heavy atom. The molecule has 0 N–H and O–H groups in total. The van der Waals surface area contributed by atoms with Crippen molar-refractivity contribution in [2.24, 2.45) is 0 Å². The van der Waals surface area contributed by atoms with Gasteiger partial charge in [-0.1, -0.05) is 54.6 Å². The Morgan fingerprint density at radius 2 is 1.39 bits per heavy atom. The SMILES string of the molecule is C=C1C(c2ccc(OC)cc2)S(=O)C(c2ccc(Cl)cc2)(c2ccc(OC)cc2)C(=O)N1CCOC. The minimum absolute atomic E-state index is 0.267. The van der Waals surface area contributed by atoms with Gasteiger partial charge in [-0.3, -0.25) is 9.00 Å². The molecule has 0 radical (unpaired) electrons. The number of benzene rings is 3. The summed E-state index contributed by atoms with van der Waals surface area (Å²) in [5, 5.41) is -0.145. The number of hydrogen-bond donors (Lipinski definition) is 0. The van der Waals surface area contributed by atoms with E-state index in [1.165, 1.54) is 0 Å². The van der Waals surface area contributed by atoms with Crippen LogP contribution in [0.2, 0.25) is 5.02 Å². The van der Waals surface area contributed by atoms with E-state index in [4.69, 9.17) is 25.8 Å². The third-order valence-corrected chi connectivity index (χ3v) is 8.87. The standard InChI is InChI=1S/C28H28ClNO5S/c1-19-26(20-5-13-24(34-3)14-6-20)36(32)28(21-7-11-23(29)12-8-21,27(31)30(19)17-18-33-2)22-9-15-25(35-4)16-10-22/h5-16,26H,1,17-18H2,2-4H3. The molecule has 1 amide bonds. The number of halogens is 1. The third kappa shape index (κ3) is 4.43. The van der Waals surface area contributed by atoms with Gasteiger partial charge in [-0.25, -0.2) is 0 Å². The summed E-state index contributed by atoms with van der Waals surface area (Å²) in [4.78, 5) is 16.0. The molecule has 1 aliphatic rings. The third-order valence-electron chi connectivity index (χ3n) is 6.40. The fourth-order valence-electron chi connectivity index (χ4n) is 4.53. The molecule has 1 aliphatic heterocycles. The van der Waals surface area contributed by atoms with Crippen molar-refractivity contribution in [2.45, 2.75) is 10.00 Å². The molecule has 3 atom stereocenters. The number of hydrogen-bond acceptors (Lipinski definition) is 5. The highest BCUT2D eigenvalue weighted by Gasteiger charge is 2.57. The lowest BCUT2D eigenvalue weighted by Crippen LogP contribution is -2.57. The summed E-state index contributed by atoms with van der Waals surface area (Å²) in [7, 11) is 2.95. The van der Waals surface area contributed by atoms with Crippen molar-refractivity contribution in [3.63, 3.8) is 0 Å². The van der Waals surface area contributed by atoms with Gasteiger partial charge in [0.2, 0.25) is 0 Å².